The summed E-state index contributed by atoms with van der Waals surface area (Å²) in [7, 11) is 2.09. The van der Waals surface area contributed by atoms with Gasteiger partial charge in [0.2, 0.25) is 5.91 Å². The Balaban J connectivity index is 1.22. The molecule has 31 heavy (non-hydrogen) atoms. The van der Waals surface area contributed by atoms with Crippen LogP contribution < -0.4 is 4.90 Å². The van der Waals surface area contributed by atoms with Gasteiger partial charge >= 0.3 is 0 Å². The fourth-order valence-corrected chi connectivity index (χ4v) is 5.42. The van der Waals surface area contributed by atoms with Crippen molar-refractivity contribution in [1.82, 2.24) is 24.3 Å². The van der Waals surface area contributed by atoms with Crippen LogP contribution in [-0.2, 0) is 11.3 Å². The monoisotopic (exact) mass is 424 g/mol. The molecule has 2 aromatic heterocycles. The first kappa shape index (κ1) is 20.8. The molecule has 0 aliphatic carbocycles. The zero-order valence-electron chi connectivity index (χ0n) is 18.9. The van der Waals surface area contributed by atoms with Crippen molar-refractivity contribution in [2.75, 3.05) is 64.3 Å². The smallest absolute Gasteiger partial charge is 0.240 e. The van der Waals surface area contributed by atoms with E-state index in [9.17, 15) is 4.79 Å². The van der Waals surface area contributed by atoms with Crippen molar-refractivity contribution >= 4 is 22.8 Å². The Morgan fingerprint density at radius 2 is 1.71 bits per heavy atom. The molecule has 3 saturated heterocycles. The van der Waals surface area contributed by atoms with Crippen LogP contribution in [-0.4, -0.2) is 95.6 Å². The Morgan fingerprint density at radius 1 is 0.935 bits per heavy atom. The number of pyridine rings is 1. The van der Waals surface area contributed by atoms with E-state index in [1.807, 2.05) is 0 Å². The summed E-state index contributed by atoms with van der Waals surface area (Å²) < 4.78 is 2.30. The lowest BCUT2D eigenvalue weighted by Gasteiger charge is -2.40. The summed E-state index contributed by atoms with van der Waals surface area (Å²) in [6.07, 6.45) is 8.22. The number of rotatable bonds is 5. The number of hydrogen-bond donors (Lipinski definition) is 0. The Hall–Kier alpha value is -2.12. The predicted molar refractivity (Wildman–Crippen MR) is 124 cm³/mol. The maximum Gasteiger partial charge on any atom is 0.240 e. The van der Waals surface area contributed by atoms with Crippen LogP contribution in [0.5, 0.6) is 0 Å². The number of aromatic nitrogens is 2. The number of carbonyl (C=O) groups excluding carboxylic acids is 1. The van der Waals surface area contributed by atoms with Gasteiger partial charge in [-0.25, -0.2) is 4.98 Å². The van der Waals surface area contributed by atoms with Crippen LogP contribution in [0.25, 0.3) is 11.0 Å². The lowest BCUT2D eigenvalue weighted by Crippen LogP contribution is -2.55. The molecule has 5 rings (SSSR count). The van der Waals surface area contributed by atoms with Gasteiger partial charge in [0.25, 0.3) is 0 Å². The highest BCUT2D eigenvalue weighted by Gasteiger charge is 2.31. The van der Waals surface area contributed by atoms with Crippen LogP contribution in [0.4, 0.5) is 5.82 Å². The number of hydrogen-bond acceptors (Lipinski definition) is 5. The van der Waals surface area contributed by atoms with Gasteiger partial charge < -0.3 is 19.3 Å². The number of piperazine rings is 1. The highest BCUT2D eigenvalue weighted by atomic mass is 16.2. The first-order chi connectivity index (χ1) is 15.2. The average molecular weight is 425 g/mol. The quantitative estimate of drug-likeness (QED) is 0.737. The van der Waals surface area contributed by atoms with Crippen LogP contribution in [0.2, 0.25) is 0 Å². The van der Waals surface area contributed by atoms with Crippen LogP contribution in [0.3, 0.4) is 0 Å². The number of likely N-dealkylation sites (tertiary alicyclic amines) is 2. The number of piperidine rings is 1. The number of likely N-dealkylation sites (N-methyl/N-ethyl adjacent to an activating group) is 1. The normalized spacial score (nSPS) is 23.7. The molecular formula is C24H36N6O. The Morgan fingerprint density at radius 3 is 2.48 bits per heavy atom. The number of nitrogens with zero attached hydrogens (tertiary/aromatic N) is 6. The Labute approximate surface area is 185 Å². The van der Waals surface area contributed by atoms with Crippen LogP contribution >= 0.6 is 0 Å². The minimum Gasteiger partial charge on any atom is -0.353 e. The molecule has 3 aliphatic rings. The highest BCUT2D eigenvalue weighted by molar-refractivity contribution is 5.82. The fraction of sp³-hybridized carbons (Fsp3) is 0.667. The molecule has 2 aromatic rings. The van der Waals surface area contributed by atoms with E-state index in [-0.39, 0.29) is 6.04 Å². The van der Waals surface area contributed by atoms with Crippen molar-refractivity contribution in [3.8, 4) is 0 Å². The van der Waals surface area contributed by atoms with Crippen molar-refractivity contribution in [2.24, 2.45) is 0 Å². The van der Waals surface area contributed by atoms with E-state index in [4.69, 9.17) is 4.98 Å². The predicted octanol–water partition coefficient (Wildman–Crippen LogP) is 2.26. The molecule has 3 aliphatic heterocycles. The molecule has 0 bridgehead atoms. The van der Waals surface area contributed by atoms with Gasteiger partial charge in [0, 0.05) is 50.9 Å². The molecule has 0 radical (unpaired) electrons. The molecule has 1 amide bonds. The lowest BCUT2D eigenvalue weighted by atomic mass is 10.0. The van der Waals surface area contributed by atoms with Gasteiger partial charge in [0.15, 0.2) is 0 Å². The van der Waals surface area contributed by atoms with Crippen molar-refractivity contribution in [3.05, 3.63) is 24.4 Å². The van der Waals surface area contributed by atoms with E-state index in [1.54, 1.807) is 0 Å². The number of anilines is 1. The SMILES string of the molecule is CN1CCCCC1C(=O)N1CCN(c2ccc3ccn(CCN4CCCC4)c3n2)CC1. The van der Waals surface area contributed by atoms with Gasteiger partial charge in [-0.05, 0) is 70.6 Å². The summed E-state index contributed by atoms with van der Waals surface area (Å²) in [5, 5.41) is 1.21. The van der Waals surface area contributed by atoms with E-state index in [1.165, 1.54) is 44.2 Å². The molecule has 7 heteroatoms. The second-order valence-corrected chi connectivity index (χ2v) is 9.44. The topological polar surface area (TPSA) is 47.9 Å². The Kier molecular flexibility index (Phi) is 6.14. The first-order valence-corrected chi connectivity index (χ1v) is 12.1. The van der Waals surface area contributed by atoms with E-state index >= 15 is 0 Å². The van der Waals surface area contributed by atoms with Gasteiger partial charge in [-0.2, -0.15) is 0 Å². The van der Waals surface area contributed by atoms with Crippen molar-refractivity contribution in [3.63, 3.8) is 0 Å². The summed E-state index contributed by atoms with van der Waals surface area (Å²) in [4.78, 5) is 27.2. The standard InChI is InChI=1S/C24H36N6O/c1-26-10-3-2-6-21(26)24(31)30-18-16-28(17-19-30)22-8-7-20-9-13-29(23(20)25-22)15-14-27-11-4-5-12-27/h7-9,13,21H,2-6,10-12,14-19H2,1H3. The van der Waals surface area contributed by atoms with E-state index in [0.29, 0.717) is 5.91 Å². The fourth-order valence-electron chi connectivity index (χ4n) is 5.42. The zero-order valence-corrected chi connectivity index (χ0v) is 18.9. The van der Waals surface area contributed by atoms with E-state index < -0.39 is 0 Å². The van der Waals surface area contributed by atoms with Crippen molar-refractivity contribution < 1.29 is 4.79 Å². The van der Waals surface area contributed by atoms with Crippen molar-refractivity contribution in [2.45, 2.75) is 44.7 Å². The summed E-state index contributed by atoms with van der Waals surface area (Å²) in [6, 6.07) is 6.58. The second kappa shape index (κ2) is 9.17. The maximum absolute atomic E-state index is 13.0. The molecule has 168 valence electrons. The summed E-state index contributed by atoms with van der Waals surface area (Å²) >= 11 is 0. The molecule has 7 nitrogen and oxygen atoms in total. The molecule has 0 spiro atoms. The van der Waals surface area contributed by atoms with Crippen LogP contribution in [0, 0.1) is 0 Å². The van der Waals surface area contributed by atoms with Crippen LogP contribution in [0.1, 0.15) is 32.1 Å². The van der Waals surface area contributed by atoms with E-state index in [0.717, 1.165) is 63.7 Å². The summed E-state index contributed by atoms with van der Waals surface area (Å²) in [5.41, 5.74) is 1.08. The van der Waals surface area contributed by atoms with E-state index in [2.05, 4.69) is 55.6 Å². The lowest BCUT2D eigenvalue weighted by molar-refractivity contribution is -0.138. The molecule has 1 unspecified atom stereocenters. The molecule has 0 aromatic carbocycles. The largest absolute Gasteiger partial charge is 0.353 e. The first-order valence-electron chi connectivity index (χ1n) is 12.1. The molecule has 5 heterocycles. The van der Waals surface area contributed by atoms with Crippen LogP contribution in [0.15, 0.2) is 24.4 Å². The number of amides is 1. The minimum absolute atomic E-state index is 0.0775. The third-order valence-corrected chi connectivity index (χ3v) is 7.42. The molecule has 0 N–H and O–H groups in total. The van der Waals surface area contributed by atoms with Gasteiger partial charge in [0.1, 0.15) is 11.5 Å². The third-order valence-electron chi connectivity index (χ3n) is 7.42. The Bertz CT molecular complexity index is 897. The summed E-state index contributed by atoms with van der Waals surface area (Å²) in [5.74, 6) is 1.36. The average Bonchev–Trinajstić information content (AvgIpc) is 3.47. The maximum atomic E-state index is 13.0. The molecule has 1 atom stereocenters. The van der Waals surface area contributed by atoms with Gasteiger partial charge in [-0.15, -0.1) is 0 Å². The van der Waals surface area contributed by atoms with Gasteiger partial charge in [-0.1, -0.05) is 6.42 Å². The number of carbonyl (C=O) groups is 1. The van der Waals surface area contributed by atoms with Gasteiger partial charge in [0.05, 0.1) is 6.04 Å². The van der Waals surface area contributed by atoms with Crippen molar-refractivity contribution in [1.29, 1.82) is 0 Å². The third kappa shape index (κ3) is 4.44. The molecule has 0 saturated carbocycles. The second-order valence-electron chi connectivity index (χ2n) is 9.44. The number of fused-ring (bicyclic) bond motifs is 1. The molecular weight excluding hydrogens is 388 g/mol. The molecule has 3 fully saturated rings. The van der Waals surface area contributed by atoms with Gasteiger partial charge in [-0.3, -0.25) is 9.69 Å². The summed E-state index contributed by atoms with van der Waals surface area (Å²) in [6.45, 7) is 8.90. The highest BCUT2D eigenvalue weighted by Crippen LogP contribution is 2.22. The minimum atomic E-state index is 0.0775. The zero-order chi connectivity index (χ0) is 21.2.